The normalized spacial score (nSPS) is 13.9. The second kappa shape index (κ2) is 12.5. The number of hydrogen-bond acceptors (Lipinski definition) is 9. The molecule has 31 heavy (non-hydrogen) atoms. The highest BCUT2D eigenvalue weighted by Gasteiger charge is 2.37. The number of nitrogens with two attached hydrogens (primary N) is 1. The van der Waals surface area contributed by atoms with Crippen molar-refractivity contribution in [2.75, 3.05) is 25.5 Å². The summed E-state index contributed by atoms with van der Waals surface area (Å²) in [6, 6.07) is 1.26. The van der Waals surface area contributed by atoms with Gasteiger partial charge in [0.15, 0.2) is 18.5 Å². The maximum Gasteiger partial charge on any atom is 0.351 e. The molecular weight excluding hydrogens is 415 g/mol. The summed E-state index contributed by atoms with van der Waals surface area (Å²) in [6.45, 7) is 5.30. The number of carbonyl (C=O) groups excluding carboxylic acids is 2. The molecule has 172 valence electrons. The molecule has 0 aliphatic heterocycles. The van der Waals surface area contributed by atoms with Gasteiger partial charge >= 0.3 is 17.6 Å². The molecule has 1 aromatic rings. The van der Waals surface area contributed by atoms with Crippen molar-refractivity contribution in [3.63, 3.8) is 0 Å². The van der Waals surface area contributed by atoms with Gasteiger partial charge in [-0.25, -0.2) is 9.18 Å². The number of azide groups is 1. The number of halogens is 1. The highest BCUT2D eigenvalue weighted by molar-refractivity contribution is 5.72. The Hall–Kier alpha value is -3.18. The van der Waals surface area contributed by atoms with Crippen molar-refractivity contribution in [1.82, 2.24) is 9.55 Å². The molecule has 0 saturated heterocycles. The number of aromatic nitrogens is 2. The molecule has 1 aromatic heterocycles. The van der Waals surface area contributed by atoms with Gasteiger partial charge in [0.1, 0.15) is 12.4 Å². The average molecular weight is 442 g/mol. The fraction of sp³-hybridized carbons (Fsp3) is 0.667. The minimum Gasteiger partial charge on any atom is -0.461 e. The van der Waals surface area contributed by atoms with Gasteiger partial charge in [-0.05, 0) is 11.6 Å². The van der Waals surface area contributed by atoms with E-state index in [9.17, 15) is 14.4 Å². The summed E-state index contributed by atoms with van der Waals surface area (Å²) < 4.78 is 32.0. The number of esters is 2. The van der Waals surface area contributed by atoms with Crippen LogP contribution in [0.15, 0.2) is 22.2 Å². The number of hydrogen-bond donors (Lipinski definition) is 1. The molecule has 1 unspecified atom stereocenters. The van der Waals surface area contributed by atoms with Gasteiger partial charge in [0.2, 0.25) is 0 Å². The smallest absolute Gasteiger partial charge is 0.351 e. The van der Waals surface area contributed by atoms with E-state index < -0.39 is 54.6 Å². The molecule has 1 heterocycles. The minimum absolute atomic E-state index is 0.0851. The third kappa shape index (κ3) is 8.22. The van der Waals surface area contributed by atoms with Crippen molar-refractivity contribution < 1.29 is 28.2 Å². The zero-order valence-electron chi connectivity index (χ0n) is 17.8. The Labute approximate surface area is 178 Å². The number of nitrogens with zero attached hydrogens (tertiary/aromatic N) is 5. The summed E-state index contributed by atoms with van der Waals surface area (Å²) >= 11 is 0. The van der Waals surface area contributed by atoms with E-state index >= 15 is 4.39 Å². The van der Waals surface area contributed by atoms with Gasteiger partial charge in [0.25, 0.3) is 0 Å². The SMILES string of the molecule is CC(C)C(=O)OCC(OC(=O)C(C)C)[C@@H](F)[C@@H](OCCN=[N+]=[N-])n1ccc(N)nc1=O. The molecular formula is C18H27FN6O6. The molecule has 0 spiro atoms. The first-order valence-corrected chi connectivity index (χ1v) is 9.56. The molecule has 0 fully saturated rings. The summed E-state index contributed by atoms with van der Waals surface area (Å²) in [6.07, 6.45) is -4.18. The summed E-state index contributed by atoms with van der Waals surface area (Å²) in [4.78, 5) is 42.2. The molecule has 12 nitrogen and oxygen atoms in total. The van der Waals surface area contributed by atoms with Gasteiger partial charge in [-0.2, -0.15) is 4.98 Å². The quantitative estimate of drug-likeness (QED) is 0.168. The molecule has 13 heteroatoms. The van der Waals surface area contributed by atoms with Crippen LogP contribution in [0.4, 0.5) is 10.2 Å². The highest BCUT2D eigenvalue weighted by Crippen LogP contribution is 2.22. The third-order valence-electron chi connectivity index (χ3n) is 3.90. The monoisotopic (exact) mass is 442 g/mol. The van der Waals surface area contributed by atoms with Crippen molar-refractivity contribution in [3.8, 4) is 0 Å². The molecule has 0 aromatic carbocycles. The lowest BCUT2D eigenvalue weighted by atomic mass is 10.1. The van der Waals surface area contributed by atoms with Crippen LogP contribution in [0, 0.1) is 11.8 Å². The molecule has 1 rings (SSSR count). The molecule has 0 aliphatic rings. The van der Waals surface area contributed by atoms with E-state index in [-0.39, 0.29) is 19.0 Å². The van der Waals surface area contributed by atoms with Crippen LogP contribution in [-0.4, -0.2) is 53.5 Å². The van der Waals surface area contributed by atoms with Crippen LogP contribution in [0.1, 0.15) is 33.9 Å². The van der Waals surface area contributed by atoms with Crippen molar-refractivity contribution in [1.29, 1.82) is 0 Å². The summed E-state index contributed by atoms with van der Waals surface area (Å²) in [7, 11) is 0. The lowest BCUT2D eigenvalue weighted by Crippen LogP contribution is -2.44. The molecule has 0 saturated carbocycles. The number of carbonyl (C=O) groups is 2. The van der Waals surface area contributed by atoms with Gasteiger partial charge in [-0.15, -0.1) is 0 Å². The predicted octanol–water partition coefficient (Wildman–Crippen LogP) is 1.76. The Morgan fingerprint density at radius 2 is 1.94 bits per heavy atom. The standard InChI is InChI=1S/C18H27FN6O6/c1-10(2)16(26)30-9-12(31-17(27)11(3)4)14(19)15(29-8-6-22-24-21)25-7-5-13(20)23-18(25)28/h5,7,10-12,14-15H,6,8-9H2,1-4H3,(H2,20,23,28)/t12?,14-,15-/m1/s1. The van der Waals surface area contributed by atoms with Crippen molar-refractivity contribution in [2.45, 2.75) is 46.2 Å². The van der Waals surface area contributed by atoms with Gasteiger partial charge in [-0.1, -0.05) is 32.8 Å². The van der Waals surface area contributed by atoms with E-state index in [4.69, 9.17) is 25.5 Å². The van der Waals surface area contributed by atoms with E-state index in [0.717, 1.165) is 10.8 Å². The van der Waals surface area contributed by atoms with Crippen LogP contribution in [0.25, 0.3) is 10.4 Å². The van der Waals surface area contributed by atoms with Crippen LogP contribution < -0.4 is 11.4 Å². The molecule has 0 radical (unpaired) electrons. The average Bonchev–Trinajstić information content (AvgIpc) is 2.70. The second-order valence-electron chi connectivity index (χ2n) is 7.12. The van der Waals surface area contributed by atoms with E-state index in [0.29, 0.717) is 0 Å². The Bertz CT molecular complexity index is 854. The molecule has 0 amide bonds. The Morgan fingerprint density at radius 3 is 2.48 bits per heavy atom. The summed E-state index contributed by atoms with van der Waals surface area (Å²) in [5.41, 5.74) is 12.9. The minimum atomic E-state index is -2.14. The van der Waals surface area contributed by atoms with Crippen LogP contribution >= 0.6 is 0 Å². The Balaban J connectivity index is 3.22. The fourth-order valence-electron chi connectivity index (χ4n) is 2.19. The van der Waals surface area contributed by atoms with Gasteiger partial charge in [0.05, 0.1) is 18.4 Å². The van der Waals surface area contributed by atoms with Crippen LogP contribution in [-0.2, 0) is 23.8 Å². The van der Waals surface area contributed by atoms with Crippen molar-refractivity contribution in [3.05, 3.63) is 33.2 Å². The number of rotatable bonds is 12. The lowest BCUT2D eigenvalue weighted by Gasteiger charge is -2.29. The molecule has 0 aliphatic carbocycles. The van der Waals surface area contributed by atoms with Crippen LogP contribution in [0.5, 0.6) is 0 Å². The Kier molecular flexibility index (Phi) is 10.4. The fourth-order valence-corrected chi connectivity index (χ4v) is 2.19. The van der Waals surface area contributed by atoms with Gasteiger partial charge in [-0.3, -0.25) is 14.2 Å². The maximum absolute atomic E-state index is 15.6. The Morgan fingerprint density at radius 1 is 1.29 bits per heavy atom. The molecule has 3 atom stereocenters. The highest BCUT2D eigenvalue weighted by atomic mass is 19.1. The first kappa shape index (κ1) is 25.9. The summed E-state index contributed by atoms with van der Waals surface area (Å²) in [5, 5.41) is 3.28. The number of alkyl halides is 1. The van der Waals surface area contributed by atoms with E-state index in [1.165, 1.54) is 6.07 Å². The number of ether oxygens (including phenoxy) is 3. The van der Waals surface area contributed by atoms with E-state index in [1.54, 1.807) is 27.7 Å². The van der Waals surface area contributed by atoms with Crippen LogP contribution in [0.2, 0.25) is 0 Å². The first-order valence-electron chi connectivity index (χ1n) is 9.56. The first-order chi connectivity index (χ1) is 14.6. The second-order valence-corrected chi connectivity index (χ2v) is 7.12. The van der Waals surface area contributed by atoms with Gasteiger partial charge < -0.3 is 19.9 Å². The predicted molar refractivity (Wildman–Crippen MR) is 107 cm³/mol. The largest absolute Gasteiger partial charge is 0.461 e. The molecule has 2 N–H and O–H groups in total. The zero-order chi connectivity index (χ0) is 23.6. The van der Waals surface area contributed by atoms with Crippen molar-refractivity contribution in [2.24, 2.45) is 17.0 Å². The van der Waals surface area contributed by atoms with Gasteiger partial charge in [0, 0.05) is 17.7 Å². The topological polar surface area (TPSA) is 172 Å². The van der Waals surface area contributed by atoms with Crippen LogP contribution in [0.3, 0.4) is 0 Å². The van der Waals surface area contributed by atoms with E-state index in [2.05, 4.69) is 15.0 Å². The van der Waals surface area contributed by atoms with E-state index in [1.807, 2.05) is 0 Å². The summed E-state index contributed by atoms with van der Waals surface area (Å²) in [5.74, 6) is -2.51. The lowest BCUT2D eigenvalue weighted by molar-refractivity contribution is -0.176. The molecule has 0 bridgehead atoms. The maximum atomic E-state index is 15.6. The van der Waals surface area contributed by atoms with Crippen molar-refractivity contribution >= 4 is 17.8 Å². The third-order valence-corrected chi connectivity index (χ3v) is 3.90. The number of anilines is 1. The zero-order valence-corrected chi connectivity index (χ0v) is 17.8. The number of nitrogen functional groups attached to an aromatic ring is 1.